The Balaban J connectivity index is 1.50. The van der Waals surface area contributed by atoms with E-state index < -0.39 is 0 Å². The van der Waals surface area contributed by atoms with Crippen LogP contribution in [0.5, 0.6) is 0 Å². The minimum Gasteiger partial charge on any atom is -0.383 e. The summed E-state index contributed by atoms with van der Waals surface area (Å²) in [6, 6.07) is 0.920. The average Bonchev–Trinajstić information content (AvgIpc) is 3.17. The molecule has 4 atom stereocenters. The SMILES string of the molecule is CN=C(NC1CCN(CCOC)C1)NC1C2CCOC2C1(C)C. The van der Waals surface area contributed by atoms with Gasteiger partial charge in [-0.2, -0.15) is 0 Å². The van der Waals surface area contributed by atoms with Gasteiger partial charge >= 0.3 is 0 Å². The van der Waals surface area contributed by atoms with Gasteiger partial charge in [0.05, 0.1) is 12.7 Å². The molecule has 0 aromatic heterocycles. The van der Waals surface area contributed by atoms with Gasteiger partial charge in [-0.05, 0) is 12.8 Å². The number of ether oxygens (including phenoxy) is 2. The first-order valence-corrected chi connectivity index (χ1v) is 8.89. The highest BCUT2D eigenvalue weighted by Gasteiger charge is 2.59. The number of methoxy groups -OCH3 is 1. The summed E-state index contributed by atoms with van der Waals surface area (Å²) in [6.45, 7) is 9.51. The fourth-order valence-electron chi connectivity index (χ4n) is 4.50. The predicted molar refractivity (Wildman–Crippen MR) is 91.8 cm³/mol. The molecule has 3 fully saturated rings. The second kappa shape index (κ2) is 6.95. The standard InChI is InChI=1S/C17H32N4O2/c1-17(2)14(13-6-9-23-15(13)17)20-16(18-3)19-12-5-7-21(11-12)8-10-22-4/h12-15H,5-11H2,1-4H3,(H2,18,19,20). The van der Waals surface area contributed by atoms with Crippen molar-refractivity contribution in [3.8, 4) is 0 Å². The maximum absolute atomic E-state index is 5.88. The number of hydrogen-bond acceptors (Lipinski definition) is 4. The molecule has 0 aromatic rings. The highest BCUT2D eigenvalue weighted by molar-refractivity contribution is 5.80. The number of aliphatic imine (C=N–C) groups is 1. The van der Waals surface area contributed by atoms with Crippen molar-refractivity contribution in [1.82, 2.24) is 15.5 Å². The first-order chi connectivity index (χ1) is 11.1. The molecule has 3 rings (SSSR count). The molecule has 4 unspecified atom stereocenters. The summed E-state index contributed by atoms with van der Waals surface area (Å²) in [5, 5.41) is 7.27. The molecule has 6 heteroatoms. The van der Waals surface area contributed by atoms with Crippen LogP contribution in [0.15, 0.2) is 4.99 Å². The Morgan fingerprint density at radius 3 is 2.91 bits per heavy atom. The van der Waals surface area contributed by atoms with E-state index in [2.05, 4.69) is 34.4 Å². The lowest BCUT2D eigenvalue weighted by atomic mass is 9.57. The lowest BCUT2D eigenvalue weighted by Gasteiger charge is -2.55. The van der Waals surface area contributed by atoms with E-state index in [4.69, 9.17) is 9.47 Å². The van der Waals surface area contributed by atoms with Crippen LogP contribution in [0, 0.1) is 11.3 Å². The lowest BCUT2D eigenvalue weighted by molar-refractivity contribution is -0.106. The molecule has 2 N–H and O–H groups in total. The quantitative estimate of drug-likeness (QED) is 0.575. The number of nitrogens with one attached hydrogen (secondary N) is 2. The molecule has 3 aliphatic rings. The number of likely N-dealkylation sites (tertiary alicyclic amines) is 1. The van der Waals surface area contributed by atoms with Gasteiger partial charge in [0, 0.05) is 63.8 Å². The first kappa shape index (κ1) is 17.0. The van der Waals surface area contributed by atoms with E-state index in [1.807, 2.05) is 7.05 Å². The summed E-state index contributed by atoms with van der Waals surface area (Å²) in [7, 11) is 3.62. The van der Waals surface area contributed by atoms with Gasteiger partial charge in [0.25, 0.3) is 0 Å². The highest BCUT2D eigenvalue weighted by atomic mass is 16.5. The van der Waals surface area contributed by atoms with Crippen LogP contribution in [0.25, 0.3) is 0 Å². The third-order valence-electron chi connectivity index (χ3n) is 5.84. The molecular formula is C17H32N4O2. The second-order valence-electron chi connectivity index (χ2n) is 7.68. The third kappa shape index (κ3) is 3.35. The molecule has 0 spiro atoms. The molecule has 2 saturated heterocycles. The topological polar surface area (TPSA) is 58.1 Å². The Bertz CT molecular complexity index is 440. The van der Waals surface area contributed by atoms with Gasteiger partial charge in [-0.1, -0.05) is 13.8 Å². The normalized spacial score (nSPS) is 36.6. The average molecular weight is 324 g/mol. The molecule has 0 bridgehead atoms. The van der Waals surface area contributed by atoms with E-state index in [1.165, 1.54) is 0 Å². The molecule has 0 amide bonds. The molecule has 1 aliphatic carbocycles. The maximum Gasteiger partial charge on any atom is 0.191 e. The Morgan fingerprint density at radius 2 is 2.17 bits per heavy atom. The fraction of sp³-hybridized carbons (Fsp3) is 0.941. The smallest absolute Gasteiger partial charge is 0.191 e. The molecule has 132 valence electrons. The van der Waals surface area contributed by atoms with Gasteiger partial charge in [-0.25, -0.2) is 0 Å². The summed E-state index contributed by atoms with van der Waals surface area (Å²) >= 11 is 0. The first-order valence-electron chi connectivity index (χ1n) is 8.89. The predicted octanol–water partition coefficient (Wildman–Crippen LogP) is 0.686. The fourth-order valence-corrected chi connectivity index (χ4v) is 4.50. The zero-order chi connectivity index (χ0) is 16.4. The van der Waals surface area contributed by atoms with Gasteiger partial charge in [-0.3, -0.25) is 9.89 Å². The number of guanidine groups is 1. The van der Waals surface area contributed by atoms with E-state index >= 15 is 0 Å². The van der Waals surface area contributed by atoms with Crippen molar-refractivity contribution in [2.24, 2.45) is 16.3 Å². The molecule has 1 saturated carbocycles. The van der Waals surface area contributed by atoms with Crippen molar-refractivity contribution in [2.45, 2.75) is 44.9 Å². The van der Waals surface area contributed by atoms with Gasteiger partial charge in [-0.15, -0.1) is 0 Å². The van der Waals surface area contributed by atoms with Crippen molar-refractivity contribution in [1.29, 1.82) is 0 Å². The highest BCUT2D eigenvalue weighted by Crippen LogP contribution is 2.52. The summed E-state index contributed by atoms with van der Waals surface area (Å²) in [6.07, 6.45) is 2.74. The molecule has 6 nitrogen and oxygen atoms in total. The Labute approximate surface area is 140 Å². The van der Waals surface area contributed by atoms with Crippen LogP contribution in [0.4, 0.5) is 0 Å². The maximum atomic E-state index is 5.88. The third-order valence-corrected chi connectivity index (χ3v) is 5.84. The van der Waals surface area contributed by atoms with Crippen LogP contribution in [-0.4, -0.2) is 76.1 Å². The van der Waals surface area contributed by atoms with Crippen LogP contribution < -0.4 is 10.6 Å². The summed E-state index contributed by atoms with van der Waals surface area (Å²) in [5.74, 6) is 1.57. The Morgan fingerprint density at radius 1 is 1.35 bits per heavy atom. The minimum absolute atomic E-state index is 0.180. The van der Waals surface area contributed by atoms with Gasteiger partial charge in [0.15, 0.2) is 5.96 Å². The summed E-state index contributed by atoms with van der Waals surface area (Å²) in [4.78, 5) is 6.90. The summed E-state index contributed by atoms with van der Waals surface area (Å²) in [5.41, 5.74) is 0.180. The zero-order valence-corrected chi connectivity index (χ0v) is 15.0. The molecule has 2 aliphatic heterocycles. The van der Waals surface area contributed by atoms with Crippen molar-refractivity contribution in [2.75, 3.05) is 47.0 Å². The van der Waals surface area contributed by atoms with Gasteiger partial charge in [0.2, 0.25) is 0 Å². The Kier molecular flexibility index (Phi) is 5.13. The Hall–Kier alpha value is -0.850. The largest absolute Gasteiger partial charge is 0.383 e. The van der Waals surface area contributed by atoms with Crippen molar-refractivity contribution in [3.63, 3.8) is 0 Å². The second-order valence-corrected chi connectivity index (χ2v) is 7.68. The monoisotopic (exact) mass is 324 g/mol. The van der Waals surface area contributed by atoms with Crippen molar-refractivity contribution in [3.05, 3.63) is 0 Å². The number of hydrogen-bond donors (Lipinski definition) is 2. The number of rotatable bonds is 5. The van der Waals surface area contributed by atoms with Crippen molar-refractivity contribution < 1.29 is 9.47 Å². The van der Waals surface area contributed by atoms with Gasteiger partial charge < -0.3 is 20.1 Å². The molecule has 2 heterocycles. The van der Waals surface area contributed by atoms with Crippen molar-refractivity contribution >= 4 is 5.96 Å². The minimum atomic E-state index is 0.180. The number of fused-ring (bicyclic) bond motifs is 1. The lowest BCUT2D eigenvalue weighted by Crippen LogP contribution is -2.68. The molecule has 0 aromatic carbocycles. The number of nitrogens with zero attached hydrogens (tertiary/aromatic N) is 2. The molecule has 0 radical (unpaired) electrons. The zero-order valence-electron chi connectivity index (χ0n) is 15.0. The van der Waals surface area contributed by atoms with Crippen LogP contribution in [0.2, 0.25) is 0 Å². The summed E-state index contributed by atoms with van der Waals surface area (Å²) < 4.78 is 11.0. The van der Waals surface area contributed by atoms with E-state index in [0.29, 0.717) is 24.1 Å². The van der Waals surface area contributed by atoms with Crippen LogP contribution >= 0.6 is 0 Å². The van der Waals surface area contributed by atoms with E-state index in [9.17, 15) is 0 Å². The van der Waals surface area contributed by atoms with Crippen LogP contribution in [-0.2, 0) is 9.47 Å². The van der Waals surface area contributed by atoms with Crippen LogP contribution in [0.1, 0.15) is 26.7 Å². The van der Waals surface area contributed by atoms with E-state index in [0.717, 1.165) is 51.6 Å². The molecular weight excluding hydrogens is 292 g/mol. The van der Waals surface area contributed by atoms with Gasteiger partial charge in [0.1, 0.15) is 0 Å². The van der Waals surface area contributed by atoms with E-state index in [-0.39, 0.29) is 5.41 Å². The van der Waals surface area contributed by atoms with E-state index in [1.54, 1.807) is 7.11 Å². The van der Waals surface area contributed by atoms with Crippen LogP contribution in [0.3, 0.4) is 0 Å². The molecule has 23 heavy (non-hydrogen) atoms.